The number of hydrogen-bond donors (Lipinski definition) is 0. The van der Waals surface area contributed by atoms with Crippen molar-refractivity contribution < 1.29 is 4.74 Å². The van der Waals surface area contributed by atoms with Gasteiger partial charge in [0.1, 0.15) is 0 Å². The van der Waals surface area contributed by atoms with E-state index in [1.807, 2.05) is 12.1 Å². The quantitative estimate of drug-likeness (QED) is 0.706. The molecule has 0 aromatic heterocycles. The summed E-state index contributed by atoms with van der Waals surface area (Å²) >= 11 is 15.8. The van der Waals surface area contributed by atoms with Crippen LogP contribution in [0, 0.1) is 5.92 Å². The topological polar surface area (TPSA) is 9.23 Å². The van der Waals surface area contributed by atoms with Gasteiger partial charge in [0.15, 0.2) is 0 Å². The summed E-state index contributed by atoms with van der Waals surface area (Å²) < 4.78 is 5.49. The zero-order valence-corrected chi connectivity index (χ0v) is 11.9. The summed E-state index contributed by atoms with van der Waals surface area (Å²) in [5.74, 6) is 0.493. The van der Waals surface area contributed by atoms with E-state index in [4.69, 9.17) is 27.9 Å². The van der Waals surface area contributed by atoms with Gasteiger partial charge in [-0.05, 0) is 36.5 Å². The highest BCUT2D eigenvalue weighted by Crippen LogP contribution is 2.39. The maximum atomic E-state index is 6.19. The Morgan fingerprint density at radius 2 is 2.19 bits per heavy atom. The van der Waals surface area contributed by atoms with Crippen molar-refractivity contribution in [3.8, 4) is 0 Å². The molecule has 1 aromatic carbocycles. The van der Waals surface area contributed by atoms with Crippen LogP contribution >= 0.6 is 39.1 Å². The average molecular weight is 324 g/mol. The van der Waals surface area contributed by atoms with Gasteiger partial charge in [-0.15, -0.1) is 0 Å². The first kappa shape index (κ1) is 12.7. The van der Waals surface area contributed by atoms with E-state index in [1.54, 1.807) is 6.07 Å². The monoisotopic (exact) mass is 322 g/mol. The van der Waals surface area contributed by atoms with Crippen molar-refractivity contribution in [2.45, 2.75) is 17.7 Å². The van der Waals surface area contributed by atoms with Crippen LogP contribution in [0.3, 0.4) is 0 Å². The first-order chi connectivity index (χ1) is 7.68. The third kappa shape index (κ3) is 2.92. The van der Waals surface area contributed by atoms with Crippen LogP contribution in [0.25, 0.3) is 0 Å². The van der Waals surface area contributed by atoms with Gasteiger partial charge >= 0.3 is 0 Å². The zero-order chi connectivity index (χ0) is 11.5. The predicted molar refractivity (Wildman–Crippen MR) is 71.7 cm³/mol. The Kier molecular flexibility index (Phi) is 4.54. The maximum absolute atomic E-state index is 6.19. The molecular formula is C12H13BrCl2O. The molecule has 0 bridgehead atoms. The third-order valence-corrected chi connectivity index (χ3v) is 4.67. The number of rotatable bonds is 2. The Morgan fingerprint density at radius 1 is 1.38 bits per heavy atom. The fourth-order valence-electron chi connectivity index (χ4n) is 1.98. The van der Waals surface area contributed by atoms with Crippen molar-refractivity contribution in [2.75, 3.05) is 13.2 Å². The van der Waals surface area contributed by atoms with Crippen LogP contribution in [-0.2, 0) is 4.74 Å². The Bertz CT molecular complexity index is 364. The minimum atomic E-state index is 0.248. The van der Waals surface area contributed by atoms with Gasteiger partial charge in [0.2, 0.25) is 0 Å². The molecule has 16 heavy (non-hydrogen) atoms. The number of halogens is 3. The molecule has 1 nitrogen and oxygen atoms in total. The normalized spacial score (nSPS) is 23.1. The van der Waals surface area contributed by atoms with E-state index >= 15 is 0 Å². The van der Waals surface area contributed by atoms with Gasteiger partial charge in [-0.3, -0.25) is 0 Å². The summed E-state index contributed by atoms with van der Waals surface area (Å²) in [6, 6.07) is 5.65. The summed E-state index contributed by atoms with van der Waals surface area (Å²) in [6.45, 7) is 1.68. The lowest BCUT2D eigenvalue weighted by molar-refractivity contribution is 0.0546. The molecule has 4 heteroatoms. The number of benzene rings is 1. The molecule has 1 aliphatic rings. The van der Waals surface area contributed by atoms with E-state index < -0.39 is 0 Å². The van der Waals surface area contributed by atoms with Crippen molar-refractivity contribution in [1.82, 2.24) is 0 Å². The van der Waals surface area contributed by atoms with E-state index in [9.17, 15) is 0 Å². The molecule has 0 N–H and O–H groups in total. The summed E-state index contributed by atoms with van der Waals surface area (Å²) in [5.41, 5.74) is 1.10. The molecule has 0 aliphatic carbocycles. The molecule has 1 saturated heterocycles. The van der Waals surface area contributed by atoms with Gasteiger partial charge in [-0.1, -0.05) is 45.2 Å². The molecule has 0 amide bonds. The summed E-state index contributed by atoms with van der Waals surface area (Å²) in [4.78, 5) is 0.248. The lowest BCUT2D eigenvalue weighted by Crippen LogP contribution is -2.21. The fraction of sp³-hybridized carbons (Fsp3) is 0.500. The van der Waals surface area contributed by atoms with Crippen LogP contribution < -0.4 is 0 Å². The van der Waals surface area contributed by atoms with E-state index in [2.05, 4.69) is 15.9 Å². The van der Waals surface area contributed by atoms with Crippen molar-refractivity contribution >= 4 is 39.1 Å². The molecule has 0 radical (unpaired) electrons. The first-order valence-electron chi connectivity index (χ1n) is 5.35. The van der Waals surface area contributed by atoms with Gasteiger partial charge in [0.25, 0.3) is 0 Å². The van der Waals surface area contributed by atoms with E-state index in [0.29, 0.717) is 10.9 Å². The Morgan fingerprint density at radius 3 is 2.81 bits per heavy atom. The molecule has 1 aromatic rings. The Labute approximate surface area is 114 Å². The van der Waals surface area contributed by atoms with Gasteiger partial charge in [-0.25, -0.2) is 0 Å². The van der Waals surface area contributed by atoms with Crippen molar-refractivity contribution in [3.05, 3.63) is 33.8 Å². The average Bonchev–Trinajstić information content (AvgIpc) is 2.29. The van der Waals surface area contributed by atoms with Crippen LogP contribution in [0.2, 0.25) is 10.0 Å². The summed E-state index contributed by atoms with van der Waals surface area (Å²) in [5, 5.41) is 1.40. The van der Waals surface area contributed by atoms with Crippen molar-refractivity contribution in [2.24, 2.45) is 5.92 Å². The molecule has 2 unspecified atom stereocenters. The number of ether oxygens (including phenoxy) is 1. The van der Waals surface area contributed by atoms with Crippen LogP contribution in [0.1, 0.15) is 23.2 Å². The minimum absolute atomic E-state index is 0.248. The second-order valence-electron chi connectivity index (χ2n) is 4.04. The van der Waals surface area contributed by atoms with Gasteiger partial charge in [-0.2, -0.15) is 0 Å². The first-order valence-corrected chi connectivity index (χ1v) is 7.02. The van der Waals surface area contributed by atoms with Crippen LogP contribution in [0.15, 0.2) is 18.2 Å². The highest BCUT2D eigenvalue weighted by atomic mass is 79.9. The molecule has 1 fully saturated rings. The van der Waals surface area contributed by atoms with E-state index in [-0.39, 0.29) is 4.83 Å². The lowest BCUT2D eigenvalue weighted by atomic mass is 9.94. The largest absolute Gasteiger partial charge is 0.381 e. The van der Waals surface area contributed by atoms with Crippen LogP contribution in [-0.4, -0.2) is 13.2 Å². The van der Waals surface area contributed by atoms with Gasteiger partial charge in [0, 0.05) is 21.5 Å². The highest BCUT2D eigenvalue weighted by molar-refractivity contribution is 9.09. The number of alkyl halides is 1. The Hall–Kier alpha value is 0.240. The Balaban J connectivity index is 2.15. The van der Waals surface area contributed by atoms with E-state index in [1.165, 1.54) is 6.42 Å². The van der Waals surface area contributed by atoms with Gasteiger partial charge in [0.05, 0.1) is 6.61 Å². The summed E-state index contributed by atoms with van der Waals surface area (Å²) in [6.07, 6.45) is 2.30. The van der Waals surface area contributed by atoms with Crippen LogP contribution in [0.5, 0.6) is 0 Å². The molecule has 1 aliphatic heterocycles. The van der Waals surface area contributed by atoms with Crippen molar-refractivity contribution in [3.63, 3.8) is 0 Å². The smallest absolute Gasteiger partial charge is 0.0508 e. The highest BCUT2D eigenvalue weighted by Gasteiger charge is 2.24. The molecule has 2 rings (SSSR count). The molecular weight excluding hydrogens is 311 g/mol. The second-order valence-corrected chi connectivity index (χ2v) is 5.87. The SMILES string of the molecule is Clc1ccc(C(Br)C2CCCOC2)c(Cl)c1. The standard InChI is InChI=1S/C12H13BrCl2O/c13-12(8-2-1-5-16-7-8)10-4-3-9(14)6-11(10)15/h3-4,6,8,12H,1-2,5,7H2. The lowest BCUT2D eigenvalue weighted by Gasteiger charge is -2.27. The second kappa shape index (κ2) is 5.72. The fourth-order valence-corrected chi connectivity index (χ4v) is 3.45. The number of hydrogen-bond acceptors (Lipinski definition) is 1. The van der Waals surface area contributed by atoms with Crippen molar-refractivity contribution in [1.29, 1.82) is 0 Å². The van der Waals surface area contributed by atoms with Gasteiger partial charge < -0.3 is 4.74 Å². The summed E-state index contributed by atoms with van der Waals surface area (Å²) in [7, 11) is 0. The predicted octanol–water partition coefficient (Wildman–Crippen LogP) is 4.86. The molecule has 2 atom stereocenters. The minimum Gasteiger partial charge on any atom is -0.381 e. The molecule has 88 valence electrons. The van der Waals surface area contributed by atoms with E-state index in [0.717, 1.165) is 30.2 Å². The molecule has 0 saturated carbocycles. The maximum Gasteiger partial charge on any atom is 0.0508 e. The molecule has 0 spiro atoms. The van der Waals surface area contributed by atoms with Crippen LogP contribution in [0.4, 0.5) is 0 Å². The molecule has 1 heterocycles. The zero-order valence-electron chi connectivity index (χ0n) is 8.76. The third-order valence-electron chi connectivity index (χ3n) is 2.87.